The van der Waals surface area contributed by atoms with Gasteiger partial charge in [-0.3, -0.25) is 0 Å². The normalized spacial score (nSPS) is 11.1. The van der Waals surface area contributed by atoms with Gasteiger partial charge in [-0.05, 0) is 26.2 Å². The fraction of sp³-hybridized carbons (Fsp3) is 0.667. The Morgan fingerprint density at radius 3 is 2.07 bits per heavy atom. The topological polar surface area (TPSA) is 51.8 Å². The van der Waals surface area contributed by atoms with Gasteiger partial charge in [0.25, 0.3) is 0 Å². The van der Waals surface area contributed by atoms with Crippen molar-refractivity contribution in [2.45, 2.75) is 47.1 Å². The molecule has 0 unspecified atom stereocenters. The molecular weight excluding hydrogens is 186 g/mol. The lowest BCUT2D eigenvalue weighted by Gasteiger charge is -2.09. The Balaban J connectivity index is 2.84. The van der Waals surface area contributed by atoms with Crippen LogP contribution < -0.4 is 5.73 Å². The molecule has 3 heteroatoms. The fourth-order valence-corrected chi connectivity index (χ4v) is 1.63. The smallest absolute Gasteiger partial charge is 0.128 e. The van der Waals surface area contributed by atoms with Crippen molar-refractivity contribution in [3.05, 3.63) is 22.8 Å². The van der Waals surface area contributed by atoms with Crippen molar-refractivity contribution in [1.29, 1.82) is 0 Å². The highest BCUT2D eigenvalue weighted by molar-refractivity contribution is 5.23. The third kappa shape index (κ3) is 3.27. The summed E-state index contributed by atoms with van der Waals surface area (Å²) in [4.78, 5) is 8.97. The highest BCUT2D eigenvalue weighted by Crippen LogP contribution is 2.11. The van der Waals surface area contributed by atoms with E-state index in [1.807, 2.05) is 13.8 Å². The summed E-state index contributed by atoms with van der Waals surface area (Å²) in [6.45, 7) is 8.98. The predicted molar refractivity (Wildman–Crippen MR) is 62.6 cm³/mol. The van der Waals surface area contributed by atoms with E-state index in [9.17, 15) is 0 Å². The van der Waals surface area contributed by atoms with E-state index < -0.39 is 0 Å². The van der Waals surface area contributed by atoms with Crippen LogP contribution in [-0.4, -0.2) is 9.97 Å². The van der Waals surface area contributed by atoms with Crippen LogP contribution in [0.2, 0.25) is 0 Å². The monoisotopic (exact) mass is 207 g/mol. The molecule has 0 atom stereocenters. The summed E-state index contributed by atoms with van der Waals surface area (Å²) < 4.78 is 0. The number of hydrogen-bond donors (Lipinski definition) is 1. The molecule has 0 aromatic carbocycles. The molecule has 0 aliphatic carbocycles. The second kappa shape index (κ2) is 5.21. The van der Waals surface area contributed by atoms with Gasteiger partial charge in [-0.1, -0.05) is 13.8 Å². The largest absolute Gasteiger partial charge is 0.326 e. The Morgan fingerprint density at radius 2 is 1.67 bits per heavy atom. The highest BCUT2D eigenvalue weighted by Gasteiger charge is 2.07. The van der Waals surface area contributed by atoms with Crippen molar-refractivity contribution < 1.29 is 0 Å². The first kappa shape index (κ1) is 12.1. The van der Waals surface area contributed by atoms with Crippen LogP contribution in [0, 0.1) is 19.8 Å². The van der Waals surface area contributed by atoms with Gasteiger partial charge < -0.3 is 5.73 Å². The first-order valence-corrected chi connectivity index (χ1v) is 5.57. The number of nitrogens with zero attached hydrogens (tertiary/aromatic N) is 2. The van der Waals surface area contributed by atoms with E-state index in [-0.39, 0.29) is 0 Å². The predicted octanol–water partition coefficient (Wildman–Crippen LogP) is 2.14. The van der Waals surface area contributed by atoms with Gasteiger partial charge in [0.05, 0.1) is 0 Å². The van der Waals surface area contributed by atoms with E-state index in [4.69, 9.17) is 5.73 Å². The lowest BCUT2D eigenvalue weighted by Crippen LogP contribution is -2.09. The van der Waals surface area contributed by atoms with Gasteiger partial charge in [0, 0.05) is 29.9 Å². The molecule has 0 bridgehead atoms. The van der Waals surface area contributed by atoms with Gasteiger partial charge in [0.15, 0.2) is 0 Å². The maximum absolute atomic E-state index is 5.64. The number of aryl methyl sites for hydroxylation is 3. The molecule has 1 aromatic heterocycles. The van der Waals surface area contributed by atoms with Crippen molar-refractivity contribution in [2.24, 2.45) is 11.7 Å². The summed E-state index contributed by atoms with van der Waals surface area (Å²) in [5.74, 6) is 1.65. The molecule has 2 N–H and O–H groups in total. The molecule has 0 spiro atoms. The molecule has 84 valence electrons. The van der Waals surface area contributed by atoms with Crippen molar-refractivity contribution >= 4 is 0 Å². The van der Waals surface area contributed by atoms with Crippen molar-refractivity contribution in [3.8, 4) is 0 Å². The lowest BCUT2D eigenvalue weighted by atomic mass is 10.1. The first-order valence-electron chi connectivity index (χ1n) is 5.57. The summed E-state index contributed by atoms with van der Waals surface area (Å²) in [6.07, 6.45) is 2.10. The van der Waals surface area contributed by atoms with Crippen molar-refractivity contribution in [2.75, 3.05) is 0 Å². The van der Waals surface area contributed by atoms with E-state index in [1.54, 1.807) is 0 Å². The minimum absolute atomic E-state index is 0.530. The zero-order valence-corrected chi connectivity index (χ0v) is 10.2. The number of nitrogens with two attached hydrogens (primary N) is 1. The summed E-state index contributed by atoms with van der Waals surface area (Å²) in [5, 5.41) is 0. The SMILES string of the molecule is Cc1nc(CCC(C)C)nc(C)c1CN. The number of aromatic nitrogens is 2. The molecule has 15 heavy (non-hydrogen) atoms. The van der Waals surface area contributed by atoms with Crippen LogP contribution in [0.4, 0.5) is 0 Å². The van der Waals surface area contributed by atoms with Crippen LogP contribution in [0.3, 0.4) is 0 Å². The highest BCUT2D eigenvalue weighted by atomic mass is 14.9. The van der Waals surface area contributed by atoms with E-state index in [0.29, 0.717) is 12.5 Å². The minimum Gasteiger partial charge on any atom is -0.326 e. The van der Waals surface area contributed by atoms with Gasteiger partial charge in [0.1, 0.15) is 5.82 Å². The molecule has 1 aromatic rings. The second-order valence-corrected chi connectivity index (χ2v) is 4.43. The summed E-state index contributed by atoms with van der Waals surface area (Å²) in [7, 11) is 0. The lowest BCUT2D eigenvalue weighted by molar-refractivity contribution is 0.572. The molecule has 1 rings (SSSR count). The molecule has 3 nitrogen and oxygen atoms in total. The van der Waals surface area contributed by atoms with E-state index >= 15 is 0 Å². The third-order valence-corrected chi connectivity index (χ3v) is 2.62. The first-order chi connectivity index (χ1) is 7.04. The van der Waals surface area contributed by atoms with Gasteiger partial charge in [-0.2, -0.15) is 0 Å². The Kier molecular flexibility index (Phi) is 4.21. The maximum atomic E-state index is 5.64. The molecule has 0 radical (unpaired) electrons. The number of hydrogen-bond acceptors (Lipinski definition) is 3. The van der Waals surface area contributed by atoms with Gasteiger partial charge in [0.2, 0.25) is 0 Å². The Hall–Kier alpha value is -0.960. The molecule has 0 aliphatic heterocycles. The van der Waals surface area contributed by atoms with Gasteiger partial charge in [-0.25, -0.2) is 9.97 Å². The minimum atomic E-state index is 0.530. The standard InChI is InChI=1S/C12H21N3/c1-8(2)5-6-12-14-9(3)11(7-13)10(4)15-12/h8H,5-7,13H2,1-4H3. The van der Waals surface area contributed by atoms with Crippen molar-refractivity contribution in [3.63, 3.8) is 0 Å². The van der Waals surface area contributed by atoms with E-state index in [0.717, 1.165) is 35.6 Å². The van der Waals surface area contributed by atoms with Gasteiger partial charge in [-0.15, -0.1) is 0 Å². The molecule has 0 aliphatic rings. The summed E-state index contributed by atoms with van der Waals surface area (Å²) in [5.41, 5.74) is 8.79. The van der Waals surface area contributed by atoms with E-state index in [1.165, 1.54) is 0 Å². The van der Waals surface area contributed by atoms with Crippen LogP contribution in [0.1, 0.15) is 43.0 Å². The molecule has 0 saturated heterocycles. The molecule has 0 fully saturated rings. The zero-order valence-electron chi connectivity index (χ0n) is 10.2. The zero-order chi connectivity index (χ0) is 11.4. The summed E-state index contributed by atoms with van der Waals surface area (Å²) >= 11 is 0. The fourth-order valence-electron chi connectivity index (χ4n) is 1.63. The van der Waals surface area contributed by atoms with Crippen LogP contribution in [0.5, 0.6) is 0 Å². The quantitative estimate of drug-likeness (QED) is 0.823. The number of rotatable bonds is 4. The van der Waals surface area contributed by atoms with E-state index in [2.05, 4.69) is 23.8 Å². The maximum Gasteiger partial charge on any atom is 0.128 e. The Labute approximate surface area is 92.1 Å². The second-order valence-electron chi connectivity index (χ2n) is 4.43. The molecular formula is C12H21N3. The third-order valence-electron chi connectivity index (χ3n) is 2.62. The van der Waals surface area contributed by atoms with Crippen LogP contribution in [0.25, 0.3) is 0 Å². The molecule has 0 saturated carbocycles. The van der Waals surface area contributed by atoms with Crippen LogP contribution in [0.15, 0.2) is 0 Å². The Morgan fingerprint density at radius 1 is 1.13 bits per heavy atom. The Bertz CT molecular complexity index is 309. The van der Waals surface area contributed by atoms with Crippen molar-refractivity contribution in [1.82, 2.24) is 9.97 Å². The molecule has 0 amide bonds. The van der Waals surface area contributed by atoms with Crippen LogP contribution >= 0.6 is 0 Å². The average molecular weight is 207 g/mol. The van der Waals surface area contributed by atoms with Crippen LogP contribution in [-0.2, 0) is 13.0 Å². The summed E-state index contributed by atoms with van der Waals surface area (Å²) in [6, 6.07) is 0. The molecule has 1 heterocycles. The average Bonchev–Trinajstić information content (AvgIpc) is 2.14. The van der Waals surface area contributed by atoms with Gasteiger partial charge >= 0.3 is 0 Å².